The monoisotopic (exact) mass is 260 g/mol. The van der Waals surface area contributed by atoms with Crippen LogP contribution in [0.2, 0.25) is 0 Å². The Morgan fingerprint density at radius 2 is 2.05 bits per heavy atom. The van der Waals surface area contributed by atoms with Crippen LogP contribution in [0.1, 0.15) is 17.3 Å². The van der Waals surface area contributed by atoms with Crippen LogP contribution in [-0.4, -0.2) is 24.2 Å². The van der Waals surface area contributed by atoms with Gasteiger partial charge in [-0.25, -0.2) is 5.43 Å². The molecule has 1 atom stereocenters. The van der Waals surface area contributed by atoms with E-state index < -0.39 is 0 Å². The normalized spacial score (nSPS) is 11.9. The molecular formula is C13H16N4O2. The molecule has 0 fully saturated rings. The lowest BCUT2D eigenvalue weighted by atomic mass is 10.0. The van der Waals surface area contributed by atoms with Gasteiger partial charge in [0.25, 0.3) is 0 Å². The Balaban J connectivity index is 2.48. The molecule has 0 saturated carbocycles. The number of rotatable bonds is 5. The fraction of sp³-hybridized carbons (Fsp3) is 0.231. The first kappa shape index (κ1) is 13.3. The first-order valence-corrected chi connectivity index (χ1v) is 5.74. The summed E-state index contributed by atoms with van der Waals surface area (Å²) in [6.07, 6.45) is 4.88. The van der Waals surface area contributed by atoms with Gasteiger partial charge in [-0.15, -0.1) is 0 Å². The highest BCUT2D eigenvalue weighted by molar-refractivity contribution is 5.44. The van der Waals surface area contributed by atoms with Crippen molar-refractivity contribution < 1.29 is 9.47 Å². The minimum atomic E-state index is -0.321. The third-order valence-electron chi connectivity index (χ3n) is 2.79. The number of methoxy groups -OCH3 is 2. The second-order valence-corrected chi connectivity index (χ2v) is 3.84. The molecule has 0 bridgehead atoms. The van der Waals surface area contributed by atoms with Gasteiger partial charge in [-0.3, -0.25) is 15.8 Å². The Hall–Kier alpha value is -2.18. The highest BCUT2D eigenvalue weighted by atomic mass is 16.5. The zero-order valence-electron chi connectivity index (χ0n) is 10.8. The van der Waals surface area contributed by atoms with Crippen molar-refractivity contribution in [2.45, 2.75) is 6.04 Å². The maximum absolute atomic E-state index is 5.64. The third kappa shape index (κ3) is 2.81. The lowest BCUT2D eigenvalue weighted by Gasteiger charge is -2.19. The fourth-order valence-electron chi connectivity index (χ4n) is 1.86. The molecule has 1 aromatic heterocycles. The van der Waals surface area contributed by atoms with E-state index in [-0.39, 0.29) is 6.04 Å². The summed E-state index contributed by atoms with van der Waals surface area (Å²) < 4.78 is 10.6. The van der Waals surface area contributed by atoms with Crippen LogP contribution in [0.15, 0.2) is 36.8 Å². The van der Waals surface area contributed by atoms with Gasteiger partial charge >= 0.3 is 0 Å². The Morgan fingerprint density at radius 3 is 2.63 bits per heavy atom. The van der Waals surface area contributed by atoms with E-state index in [0.29, 0.717) is 11.4 Å². The van der Waals surface area contributed by atoms with Gasteiger partial charge in [-0.1, -0.05) is 0 Å². The molecule has 6 nitrogen and oxygen atoms in total. The zero-order chi connectivity index (χ0) is 13.7. The maximum atomic E-state index is 5.64. The molecule has 100 valence electrons. The summed E-state index contributed by atoms with van der Waals surface area (Å²) in [6.45, 7) is 0. The van der Waals surface area contributed by atoms with Gasteiger partial charge in [0.2, 0.25) is 0 Å². The van der Waals surface area contributed by atoms with E-state index in [0.717, 1.165) is 11.3 Å². The molecule has 2 aromatic rings. The molecule has 0 aliphatic rings. The summed E-state index contributed by atoms with van der Waals surface area (Å²) >= 11 is 0. The van der Waals surface area contributed by atoms with Crippen LogP contribution in [0.4, 0.5) is 0 Å². The van der Waals surface area contributed by atoms with Gasteiger partial charge in [0.15, 0.2) is 0 Å². The molecule has 19 heavy (non-hydrogen) atoms. The number of aromatic nitrogens is 2. The molecule has 0 amide bonds. The summed E-state index contributed by atoms with van der Waals surface area (Å²) in [5, 5.41) is 0. The van der Waals surface area contributed by atoms with Gasteiger partial charge in [0, 0.05) is 18.0 Å². The molecule has 0 saturated heterocycles. The van der Waals surface area contributed by atoms with Crippen molar-refractivity contribution in [2.75, 3.05) is 14.2 Å². The van der Waals surface area contributed by atoms with Gasteiger partial charge in [-0.05, 0) is 18.2 Å². The van der Waals surface area contributed by atoms with Crippen LogP contribution < -0.4 is 20.7 Å². The molecule has 3 N–H and O–H groups in total. The van der Waals surface area contributed by atoms with Crippen LogP contribution in [0.3, 0.4) is 0 Å². The minimum Gasteiger partial charge on any atom is -0.497 e. The number of hydrazine groups is 1. The molecule has 2 rings (SSSR count). The van der Waals surface area contributed by atoms with Crippen molar-refractivity contribution in [3.63, 3.8) is 0 Å². The molecule has 0 radical (unpaired) electrons. The number of nitrogens with zero attached hydrogens (tertiary/aromatic N) is 2. The van der Waals surface area contributed by atoms with Crippen molar-refractivity contribution in [3.05, 3.63) is 48.0 Å². The highest BCUT2D eigenvalue weighted by Gasteiger charge is 2.19. The Labute approximate surface area is 111 Å². The second-order valence-electron chi connectivity index (χ2n) is 3.84. The number of nitrogens with two attached hydrogens (primary N) is 1. The molecule has 1 unspecified atom stereocenters. The maximum Gasteiger partial charge on any atom is 0.124 e. The average molecular weight is 260 g/mol. The Morgan fingerprint density at radius 1 is 1.21 bits per heavy atom. The lowest BCUT2D eigenvalue weighted by molar-refractivity contribution is 0.393. The van der Waals surface area contributed by atoms with E-state index >= 15 is 0 Å². The molecule has 0 spiro atoms. The number of hydrogen-bond donors (Lipinski definition) is 2. The van der Waals surface area contributed by atoms with Crippen LogP contribution >= 0.6 is 0 Å². The highest BCUT2D eigenvalue weighted by Crippen LogP contribution is 2.31. The van der Waals surface area contributed by atoms with Gasteiger partial charge in [0.1, 0.15) is 11.5 Å². The number of ether oxygens (including phenoxy) is 2. The molecule has 1 heterocycles. The summed E-state index contributed by atoms with van der Waals surface area (Å²) in [4.78, 5) is 8.30. The summed E-state index contributed by atoms with van der Waals surface area (Å²) in [5.41, 5.74) is 4.27. The topological polar surface area (TPSA) is 82.3 Å². The first-order chi connectivity index (χ1) is 9.30. The number of nitrogens with one attached hydrogen (secondary N) is 1. The standard InChI is InChI=1S/C13H16N4O2/c1-18-9-3-4-12(19-2)10(7-9)13(17-14)11-8-15-5-6-16-11/h3-8,13,17H,14H2,1-2H3. The van der Waals surface area contributed by atoms with Crippen LogP contribution in [0, 0.1) is 0 Å². The quantitative estimate of drug-likeness (QED) is 0.617. The predicted molar refractivity (Wildman–Crippen MR) is 70.7 cm³/mol. The van der Waals surface area contributed by atoms with E-state index in [1.165, 1.54) is 0 Å². The fourth-order valence-corrected chi connectivity index (χ4v) is 1.86. The van der Waals surface area contributed by atoms with Crippen LogP contribution in [0.25, 0.3) is 0 Å². The SMILES string of the molecule is COc1ccc(OC)c(C(NN)c2cnccn2)c1. The number of hydrogen-bond acceptors (Lipinski definition) is 6. The largest absolute Gasteiger partial charge is 0.497 e. The van der Waals surface area contributed by atoms with Gasteiger partial charge < -0.3 is 9.47 Å². The van der Waals surface area contributed by atoms with E-state index in [4.69, 9.17) is 15.3 Å². The van der Waals surface area contributed by atoms with Crippen molar-refractivity contribution in [3.8, 4) is 11.5 Å². The Bertz CT molecular complexity index is 533. The molecular weight excluding hydrogens is 244 g/mol. The smallest absolute Gasteiger partial charge is 0.124 e. The summed E-state index contributed by atoms with van der Waals surface area (Å²) in [5.74, 6) is 7.06. The van der Waals surface area contributed by atoms with Gasteiger partial charge in [-0.2, -0.15) is 0 Å². The van der Waals surface area contributed by atoms with E-state index in [9.17, 15) is 0 Å². The van der Waals surface area contributed by atoms with E-state index in [1.807, 2.05) is 18.2 Å². The molecule has 0 aliphatic heterocycles. The average Bonchev–Trinajstić information content (AvgIpc) is 2.49. The summed E-state index contributed by atoms with van der Waals surface area (Å²) in [7, 11) is 3.22. The summed E-state index contributed by atoms with van der Waals surface area (Å²) in [6, 6.07) is 5.19. The predicted octanol–water partition coefficient (Wildman–Crippen LogP) is 1.05. The second kappa shape index (κ2) is 6.12. The molecule has 1 aromatic carbocycles. The third-order valence-corrected chi connectivity index (χ3v) is 2.79. The minimum absolute atomic E-state index is 0.321. The molecule has 0 aliphatic carbocycles. The van der Waals surface area contributed by atoms with E-state index in [1.54, 1.807) is 32.8 Å². The molecule has 6 heteroatoms. The van der Waals surface area contributed by atoms with Crippen molar-refractivity contribution >= 4 is 0 Å². The van der Waals surface area contributed by atoms with Crippen molar-refractivity contribution in [1.29, 1.82) is 0 Å². The lowest BCUT2D eigenvalue weighted by Crippen LogP contribution is -2.30. The van der Waals surface area contributed by atoms with Crippen molar-refractivity contribution in [2.24, 2.45) is 5.84 Å². The van der Waals surface area contributed by atoms with Crippen molar-refractivity contribution in [1.82, 2.24) is 15.4 Å². The number of benzene rings is 1. The van der Waals surface area contributed by atoms with Crippen LogP contribution in [-0.2, 0) is 0 Å². The zero-order valence-corrected chi connectivity index (χ0v) is 10.8. The Kier molecular flexibility index (Phi) is 4.27. The van der Waals surface area contributed by atoms with Crippen LogP contribution in [0.5, 0.6) is 11.5 Å². The first-order valence-electron chi connectivity index (χ1n) is 5.74. The van der Waals surface area contributed by atoms with E-state index in [2.05, 4.69) is 15.4 Å². The van der Waals surface area contributed by atoms with Gasteiger partial charge in [0.05, 0.1) is 32.2 Å².